The van der Waals surface area contributed by atoms with Gasteiger partial charge in [-0.3, -0.25) is 9.59 Å². The molecule has 0 aromatic heterocycles. The zero-order valence-electron chi connectivity index (χ0n) is 12.8. The zero-order chi connectivity index (χ0) is 15.9. The minimum atomic E-state index is -0.433. The summed E-state index contributed by atoms with van der Waals surface area (Å²) in [5.74, 6) is -0.618. The molecular formula is C18H19NO3. The van der Waals surface area contributed by atoms with E-state index in [0.29, 0.717) is 12.1 Å². The van der Waals surface area contributed by atoms with Crippen molar-refractivity contribution in [2.45, 2.75) is 13.5 Å². The number of rotatable bonds is 5. The Bertz CT molecular complexity index is 652. The predicted octanol–water partition coefficient (Wildman–Crippen LogP) is 2.81. The molecule has 0 aliphatic carbocycles. The molecule has 0 radical (unpaired) electrons. The SMILES string of the molecule is COC(=O)CN(Cc1ccccc1C)C(=O)c1ccccc1. The summed E-state index contributed by atoms with van der Waals surface area (Å²) in [6, 6.07) is 16.7. The van der Waals surface area contributed by atoms with Gasteiger partial charge in [0.05, 0.1) is 7.11 Å². The highest BCUT2D eigenvalue weighted by molar-refractivity contribution is 5.95. The summed E-state index contributed by atoms with van der Waals surface area (Å²) in [7, 11) is 1.32. The third-order valence-electron chi connectivity index (χ3n) is 3.48. The van der Waals surface area contributed by atoms with Crippen molar-refractivity contribution < 1.29 is 14.3 Å². The number of hydrogen-bond acceptors (Lipinski definition) is 3. The van der Waals surface area contributed by atoms with E-state index in [1.54, 1.807) is 24.3 Å². The number of ether oxygens (including phenoxy) is 1. The molecule has 22 heavy (non-hydrogen) atoms. The van der Waals surface area contributed by atoms with Gasteiger partial charge in [-0.25, -0.2) is 0 Å². The molecule has 2 aromatic rings. The van der Waals surface area contributed by atoms with Crippen molar-refractivity contribution in [2.24, 2.45) is 0 Å². The summed E-state index contributed by atoms with van der Waals surface area (Å²) in [6.07, 6.45) is 0. The third-order valence-corrected chi connectivity index (χ3v) is 3.48. The number of hydrogen-bond donors (Lipinski definition) is 0. The van der Waals surface area contributed by atoms with Gasteiger partial charge in [0, 0.05) is 12.1 Å². The van der Waals surface area contributed by atoms with Crippen molar-refractivity contribution in [2.75, 3.05) is 13.7 Å². The van der Waals surface area contributed by atoms with Crippen LogP contribution in [0.4, 0.5) is 0 Å². The molecule has 0 N–H and O–H groups in total. The Balaban J connectivity index is 2.25. The second-order valence-corrected chi connectivity index (χ2v) is 5.03. The van der Waals surface area contributed by atoms with Crippen molar-refractivity contribution in [3.05, 3.63) is 71.3 Å². The van der Waals surface area contributed by atoms with E-state index in [4.69, 9.17) is 4.74 Å². The molecule has 4 heteroatoms. The van der Waals surface area contributed by atoms with Gasteiger partial charge in [0.15, 0.2) is 0 Å². The average molecular weight is 297 g/mol. The van der Waals surface area contributed by atoms with Crippen LogP contribution in [0.5, 0.6) is 0 Å². The maximum Gasteiger partial charge on any atom is 0.325 e. The number of carbonyl (C=O) groups is 2. The van der Waals surface area contributed by atoms with Crippen LogP contribution < -0.4 is 0 Å². The van der Waals surface area contributed by atoms with Crippen LogP contribution in [0.1, 0.15) is 21.5 Å². The molecule has 0 atom stereocenters. The number of nitrogens with zero attached hydrogens (tertiary/aromatic N) is 1. The van der Waals surface area contributed by atoms with Gasteiger partial charge in [-0.05, 0) is 30.2 Å². The van der Waals surface area contributed by atoms with Crippen molar-refractivity contribution >= 4 is 11.9 Å². The molecule has 114 valence electrons. The van der Waals surface area contributed by atoms with E-state index in [2.05, 4.69) is 0 Å². The Morgan fingerprint density at radius 1 is 1.00 bits per heavy atom. The van der Waals surface area contributed by atoms with E-state index in [-0.39, 0.29) is 12.5 Å². The minimum absolute atomic E-state index is 0.0709. The fraction of sp³-hybridized carbons (Fsp3) is 0.222. The van der Waals surface area contributed by atoms with Crippen LogP contribution >= 0.6 is 0 Å². The maximum absolute atomic E-state index is 12.6. The summed E-state index contributed by atoms with van der Waals surface area (Å²) in [4.78, 5) is 25.8. The van der Waals surface area contributed by atoms with Crippen LogP contribution in [0.25, 0.3) is 0 Å². The first-order chi connectivity index (χ1) is 10.6. The van der Waals surface area contributed by atoms with Gasteiger partial charge in [0.25, 0.3) is 5.91 Å². The Kier molecular flexibility index (Phi) is 5.31. The highest BCUT2D eigenvalue weighted by Crippen LogP contribution is 2.13. The zero-order valence-corrected chi connectivity index (χ0v) is 12.8. The van der Waals surface area contributed by atoms with Gasteiger partial charge >= 0.3 is 5.97 Å². The van der Waals surface area contributed by atoms with Crippen LogP contribution in [0, 0.1) is 6.92 Å². The fourth-order valence-electron chi connectivity index (χ4n) is 2.18. The topological polar surface area (TPSA) is 46.6 Å². The first-order valence-electron chi connectivity index (χ1n) is 7.07. The maximum atomic E-state index is 12.6. The number of amides is 1. The molecule has 2 rings (SSSR count). The molecule has 4 nitrogen and oxygen atoms in total. The number of aryl methyl sites for hydroxylation is 1. The van der Waals surface area contributed by atoms with Gasteiger partial charge < -0.3 is 9.64 Å². The largest absolute Gasteiger partial charge is 0.468 e. The molecular weight excluding hydrogens is 278 g/mol. The van der Waals surface area contributed by atoms with Crippen LogP contribution in [0.3, 0.4) is 0 Å². The van der Waals surface area contributed by atoms with E-state index < -0.39 is 5.97 Å². The van der Waals surface area contributed by atoms with Gasteiger partial charge in [-0.15, -0.1) is 0 Å². The first-order valence-corrected chi connectivity index (χ1v) is 7.07. The number of methoxy groups -OCH3 is 1. The number of carbonyl (C=O) groups excluding carboxylic acids is 2. The summed E-state index contributed by atoms with van der Waals surface area (Å²) in [6.45, 7) is 2.28. The van der Waals surface area contributed by atoms with Crippen molar-refractivity contribution in [3.63, 3.8) is 0 Å². The summed E-state index contributed by atoms with van der Waals surface area (Å²) in [5, 5.41) is 0. The first kappa shape index (κ1) is 15.8. The Labute approximate surface area is 130 Å². The van der Waals surface area contributed by atoms with Gasteiger partial charge in [0.2, 0.25) is 0 Å². The minimum Gasteiger partial charge on any atom is -0.468 e. The molecule has 0 unspecified atom stereocenters. The van der Waals surface area contributed by atoms with E-state index >= 15 is 0 Å². The van der Waals surface area contributed by atoms with E-state index in [1.807, 2.05) is 37.3 Å². The second-order valence-electron chi connectivity index (χ2n) is 5.03. The van der Waals surface area contributed by atoms with E-state index in [0.717, 1.165) is 11.1 Å². The lowest BCUT2D eigenvalue weighted by Gasteiger charge is -2.22. The second kappa shape index (κ2) is 7.41. The van der Waals surface area contributed by atoms with Crippen molar-refractivity contribution in [1.29, 1.82) is 0 Å². The van der Waals surface area contributed by atoms with Crippen LogP contribution in [0.15, 0.2) is 54.6 Å². The average Bonchev–Trinajstić information content (AvgIpc) is 2.56. The van der Waals surface area contributed by atoms with E-state index in [1.165, 1.54) is 12.0 Å². The quantitative estimate of drug-likeness (QED) is 0.797. The van der Waals surface area contributed by atoms with E-state index in [9.17, 15) is 9.59 Å². The molecule has 0 aliphatic heterocycles. The van der Waals surface area contributed by atoms with Crippen molar-refractivity contribution in [1.82, 2.24) is 4.90 Å². The molecule has 0 aliphatic rings. The smallest absolute Gasteiger partial charge is 0.325 e. The molecule has 0 saturated carbocycles. The number of benzene rings is 2. The molecule has 0 heterocycles. The Hall–Kier alpha value is -2.62. The van der Waals surface area contributed by atoms with Crippen LogP contribution in [-0.4, -0.2) is 30.4 Å². The highest BCUT2D eigenvalue weighted by Gasteiger charge is 2.20. The standard InChI is InChI=1S/C18H19NO3/c1-14-8-6-7-11-16(14)12-19(13-17(20)22-2)18(21)15-9-4-3-5-10-15/h3-11H,12-13H2,1-2H3. The molecule has 0 bridgehead atoms. The predicted molar refractivity (Wildman–Crippen MR) is 84.4 cm³/mol. The van der Waals surface area contributed by atoms with Gasteiger partial charge in [0.1, 0.15) is 6.54 Å². The van der Waals surface area contributed by atoms with Gasteiger partial charge in [-0.2, -0.15) is 0 Å². The lowest BCUT2D eigenvalue weighted by Crippen LogP contribution is -2.35. The summed E-state index contributed by atoms with van der Waals surface area (Å²) >= 11 is 0. The Morgan fingerprint density at radius 2 is 1.64 bits per heavy atom. The third kappa shape index (κ3) is 3.95. The molecule has 0 fully saturated rings. The lowest BCUT2D eigenvalue weighted by molar-refractivity contribution is -0.141. The highest BCUT2D eigenvalue weighted by atomic mass is 16.5. The number of esters is 1. The molecule has 2 aromatic carbocycles. The molecule has 0 spiro atoms. The summed E-state index contributed by atoms with van der Waals surface area (Å²) < 4.78 is 4.70. The normalized spacial score (nSPS) is 10.1. The van der Waals surface area contributed by atoms with Crippen LogP contribution in [0.2, 0.25) is 0 Å². The summed E-state index contributed by atoms with van der Waals surface area (Å²) in [5.41, 5.74) is 2.65. The fourth-order valence-corrected chi connectivity index (χ4v) is 2.18. The lowest BCUT2D eigenvalue weighted by atomic mass is 10.1. The van der Waals surface area contributed by atoms with Gasteiger partial charge in [-0.1, -0.05) is 42.5 Å². The monoisotopic (exact) mass is 297 g/mol. The van der Waals surface area contributed by atoms with Crippen molar-refractivity contribution in [3.8, 4) is 0 Å². The molecule has 0 saturated heterocycles. The Morgan fingerprint density at radius 3 is 2.27 bits per heavy atom. The molecule has 1 amide bonds. The van der Waals surface area contributed by atoms with Crippen LogP contribution in [-0.2, 0) is 16.1 Å².